The summed E-state index contributed by atoms with van der Waals surface area (Å²) in [7, 11) is 0. The van der Waals surface area contributed by atoms with Crippen LogP contribution in [0.3, 0.4) is 0 Å². The van der Waals surface area contributed by atoms with Gasteiger partial charge in [-0.2, -0.15) is 0 Å². The summed E-state index contributed by atoms with van der Waals surface area (Å²) in [6, 6.07) is 0. The molecule has 1 saturated heterocycles. The van der Waals surface area contributed by atoms with Crippen LogP contribution in [0.5, 0.6) is 0 Å². The molecule has 0 bridgehead atoms. The van der Waals surface area contributed by atoms with Gasteiger partial charge in [0.1, 0.15) is 5.78 Å². The summed E-state index contributed by atoms with van der Waals surface area (Å²) < 4.78 is 0. The Kier molecular flexibility index (Phi) is 13.9. The Balaban J connectivity index is 2.06. The van der Waals surface area contributed by atoms with Crippen LogP contribution >= 0.6 is 0 Å². The molecule has 0 spiro atoms. The predicted molar refractivity (Wildman–Crippen MR) is 115 cm³/mol. The highest BCUT2D eigenvalue weighted by Gasteiger charge is 2.37. The first-order chi connectivity index (χ1) is 13.6. The molecule has 0 saturated carbocycles. The zero-order valence-corrected chi connectivity index (χ0v) is 18.5. The van der Waals surface area contributed by atoms with Gasteiger partial charge in [-0.3, -0.25) is 19.3 Å². The number of hydrogen-bond donors (Lipinski definition) is 0. The number of Topliss-reactive ketones (excluding diaryl/α,β-unsaturated/α-hetero) is 1. The van der Waals surface area contributed by atoms with Crippen molar-refractivity contribution < 1.29 is 14.4 Å². The first kappa shape index (κ1) is 24.8. The lowest BCUT2D eigenvalue weighted by Gasteiger charge is -2.14. The van der Waals surface area contributed by atoms with Crippen LogP contribution < -0.4 is 0 Å². The Hall–Kier alpha value is -1.19. The molecule has 4 heteroatoms. The summed E-state index contributed by atoms with van der Waals surface area (Å²) in [6.45, 7) is 4.93. The lowest BCUT2D eigenvalue weighted by atomic mass is 9.99. The van der Waals surface area contributed by atoms with E-state index in [1.807, 2.05) is 0 Å². The van der Waals surface area contributed by atoms with Gasteiger partial charge in [0.2, 0.25) is 11.8 Å². The second-order valence-electron chi connectivity index (χ2n) is 8.50. The largest absolute Gasteiger partial charge is 0.300 e. The van der Waals surface area contributed by atoms with Gasteiger partial charge in [-0.05, 0) is 25.7 Å². The van der Waals surface area contributed by atoms with Crippen molar-refractivity contribution in [3.63, 3.8) is 0 Å². The summed E-state index contributed by atoms with van der Waals surface area (Å²) in [5.74, 6) is 0.338. The monoisotopic (exact) mass is 393 g/mol. The Morgan fingerprint density at radius 2 is 1.32 bits per heavy atom. The molecule has 4 nitrogen and oxygen atoms in total. The van der Waals surface area contributed by atoms with Gasteiger partial charge < -0.3 is 0 Å². The van der Waals surface area contributed by atoms with Crippen LogP contribution in [-0.2, 0) is 14.4 Å². The van der Waals surface area contributed by atoms with E-state index >= 15 is 0 Å². The average molecular weight is 394 g/mol. The molecule has 1 unspecified atom stereocenters. The number of imide groups is 1. The fourth-order valence-corrected chi connectivity index (χ4v) is 4.03. The normalized spacial score (nSPS) is 16.9. The number of carbonyl (C=O) groups excluding carboxylic acids is 3. The first-order valence-electron chi connectivity index (χ1n) is 12.0. The third-order valence-electron chi connectivity index (χ3n) is 5.89. The lowest BCUT2D eigenvalue weighted by molar-refractivity contribution is -0.139. The number of likely N-dealkylation sites (tertiary alicyclic amines) is 1. The minimum atomic E-state index is -0.0803. The quantitative estimate of drug-likeness (QED) is 0.205. The Labute approximate surface area is 172 Å². The summed E-state index contributed by atoms with van der Waals surface area (Å²) in [5, 5.41) is 0. The van der Waals surface area contributed by atoms with Gasteiger partial charge in [0.25, 0.3) is 0 Å². The van der Waals surface area contributed by atoms with Crippen molar-refractivity contribution in [3.05, 3.63) is 0 Å². The fourth-order valence-electron chi connectivity index (χ4n) is 4.03. The topological polar surface area (TPSA) is 54.5 Å². The van der Waals surface area contributed by atoms with E-state index in [9.17, 15) is 14.4 Å². The molecule has 0 aromatic rings. The molecular weight excluding hydrogens is 350 g/mol. The van der Waals surface area contributed by atoms with Crippen molar-refractivity contribution in [2.45, 2.75) is 123 Å². The molecule has 2 amide bonds. The fraction of sp³-hybridized carbons (Fsp3) is 0.875. The first-order valence-corrected chi connectivity index (χ1v) is 12.0. The summed E-state index contributed by atoms with van der Waals surface area (Å²) in [4.78, 5) is 37.9. The number of rotatable bonds is 18. The Morgan fingerprint density at radius 1 is 0.786 bits per heavy atom. The smallest absolute Gasteiger partial charge is 0.232 e. The summed E-state index contributed by atoms with van der Waals surface area (Å²) in [6.07, 6.45) is 17.1. The predicted octanol–water partition coefficient (Wildman–Crippen LogP) is 6.21. The van der Waals surface area contributed by atoms with Gasteiger partial charge in [-0.25, -0.2) is 0 Å². The number of unbranched alkanes of at least 4 members (excludes halogenated alkanes) is 10. The molecule has 0 aromatic carbocycles. The number of amides is 2. The van der Waals surface area contributed by atoms with Gasteiger partial charge in [0.05, 0.1) is 0 Å². The number of ketones is 1. The van der Waals surface area contributed by atoms with E-state index in [1.54, 1.807) is 0 Å². The van der Waals surface area contributed by atoms with E-state index in [2.05, 4.69) is 13.8 Å². The third-order valence-corrected chi connectivity index (χ3v) is 5.89. The SMILES string of the molecule is CCCCCCCCC(=O)CCCCCN1C(=O)CC(CCCCCC)C1=O. The van der Waals surface area contributed by atoms with Crippen molar-refractivity contribution in [1.29, 1.82) is 0 Å². The Bertz CT molecular complexity index is 461. The van der Waals surface area contributed by atoms with Crippen LogP contribution in [0.2, 0.25) is 0 Å². The van der Waals surface area contributed by atoms with E-state index < -0.39 is 0 Å². The molecule has 1 atom stereocenters. The molecule has 0 radical (unpaired) electrons. The zero-order valence-electron chi connectivity index (χ0n) is 18.5. The van der Waals surface area contributed by atoms with Gasteiger partial charge in [-0.1, -0.05) is 78.1 Å². The number of hydrogen-bond acceptors (Lipinski definition) is 3. The van der Waals surface area contributed by atoms with Gasteiger partial charge in [-0.15, -0.1) is 0 Å². The van der Waals surface area contributed by atoms with E-state index in [-0.39, 0.29) is 17.7 Å². The maximum Gasteiger partial charge on any atom is 0.232 e. The summed E-state index contributed by atoms with van der Waals surface area (Å²) in [5.41, 5.74) is 0. The van der Waals surface area contributed by atoms with Crippen LogP contribution in [0.25, 0.3) is 0 Å². The minimum Gasteiger partial charge on any atom is -0.300 e. The zero-order chi connectivity index (χ0) is 20.6. The van der Waals surface area contributed by atoms with Crippen molar-refractivity contribution in [1.82, 2.24) is 4.90 Å². The number of carbonyl (C=O) groups is 3. The van der Waals surface area contributed by atoms with Crippen molar-refractivity contribution in [2.24, 2.45) is 5.92 Å². The molecule has 1 rings (SSSR count). The molecular formula is C24H43NO3. The molecule has 28 heavy (non-hydrogen) atoms. The highest BCUT2D eigenvalue weighted by Crippen LogP contribution is 2.25. The van der Waals surface area contributed by atoms with E-state index in [0.717, 1.165) is 51.4 Å². The molecule has 0 aliphatic carbocycles. The van der Waals surface area contributed by atoms with Crippen LogP contribution in [0, 0.1) is 5.92 Å². The molecule has 162 valence electrons. The van der Waals surface area contributed by atoms with Crippen molar-refractivity contribution >= 4 is 17.6 Å². The van der Waals surface area contributed by atoms with Gasteiger partial charge in [0, 0.05) is 31.7 Å². The number of nitrogens with zero attached hydrogens (tertiary/aromatic N) is 1. The Morgan fingerprint density at radius 3 is 1.96 bits per heavy atom. The second kappa shape index (κ2) is 15.7. The van der Waals surface area contributed by atoms with Crippen molar-refractivity contribution in [2.75, 3.05) is 6.54 Å². The second-order valence-corrected chi connectivity index (χ2v) is 8.50. The standard InChI is InChI=1S/C24H43NO3/c1-3-5-7-9-10-13-17-22(26)18-14-11-15-19-25-23(27)20-21(24(25)28)16-12-8-6-4-2/h21H,3-20H2,1-2H3. The van der Waals surface area contributed by atoms with E-state index in [1.165, 1.54) is 49.8 Å². The van der Waals surface area contributed by atoms with Crippen LogP contribution in [0.4, 0.5) is 0 Å². The molecule has 1 aliphatic heterocycles. The third kappa shape index (κ3) is 10.4. The highest BCUT2D eigenvalue weighted by atomic mass is 16.2. The molecule has 1 fully saturated rings. The maximum absolute atomic E-state index is 12.4. The van der Waals surface area contributed by atoms with Crippen LogP contribution in [-0.4, -0.2) is 29.0 Å². The summed E-state index contributed by atoms with van der Waals surface area (Å²) >= 11 is 0. The highest BCUT2D eigenvalue weighted by molar-refractivity contribution is 6.03. The maximum atomic E-state index is 12.4. The van der Waals surface area contributed by atoms with E-state index in [4.69, 9.17) is 0 Å². The minimum absolute atomic E-state index is 0.00430. The van der Waals surface area contributed by atoms with Crippen LogP contribution in [0.1, 0.15) is 123 Å². The molecule has 0 aromatic heterocycles. The van der Waals surface area contributed by atoms with Crippen molar-refractivity contribution in [3.8, 4) is 0 Å². The molecule has 1 aliphatic rings. The van der Waals surface area contributed by atoms with Gasteiger partial charge >= 0.3 is 0 Å². The molecule has 1 heterocycles. The average Bonchev–Trinajstić information content (AvgIpc) is 2.95. The van der Waals surface area contributed by atoms with Crippen LogP contribution in [0.15, 0.2) is 0 Å². The van der Waals surface area contributed by atoms with Gasteiger partial charge in [0.15, 0.2) is 0 Å². The lowest BCUT2D eigenvalue weighted by Crippen LogP contribution is -2.31. The molecule has 0 N–H and O–H groups in total. The van der Waals surface area contributed by atoms with E-state index in [0.29, 0.717) is 25.2 Å².